The van der Waals surface area contributed by atoms with Gasteiger partial charge in [-0.2, -0.15) is 0 Å². The van der Waals surface area contributed by atoms with Gasteiger partial charge in [0, 0.05) is 13.7 Å². The molecule has 0 heterocycles. The first-order valence-electron chi connectivity index (χ1n) is 7.45. The summed E-state index contributed by atoms with van der Waals surface area (Å²) in [6, 6.07) is -0.213. The fourth-order valence-corrected chi connectivity index (χ4v) is 1.47. The second-order valence-electron chi connectivity index (χ2n) is 4.51. The lowest BCUT2D eigenvalue weighted by molar-refractivity contribution is -0.142. The highest BCUT2D eigenvalue weighted by molar-refractivity contribution is 5.71. The van der Waals surface area contributed by atoms with Crippen molar-refractivity contribution in [3.63, 3.8) is 0 Å². The Morgan fingerprint density at radius 2 is 1.86 bits per heavy atom. The first-order valence-corrected chi connectivity index (χ1v) is 7.45. The van der Waals surface area contributed by atoms with Gasteiger partial charge in [0.05, 0.1) is 52.2 Å². The molecule has 0 aliphatic heterocycles. The predicted octanol–water partition coefficient (Wildman–Crippen LogP) is -0.677. The minimum absolute atomic E-state index is 0.108. The molecule has 0 aromatic carbocycles. The lowest BCUT2D eigenvalue weighted by Gasteiger charge is -2.17. The van der Waals surface area contributed by atoms with Gasteiger partial charge in [0.2, 0.25) is 6.41 Å². The van der Waals surface area contributed by atoms with E-state index in [2.05, 4.69) is 10.6 Å². The molecule has 130 valence electrons. The Kier molecular flexibility index (Phi) is 15.3. The van der Waals surface area contributed by atoms with Gasteiger partial charge in [-0.25, -0.2) is 0 Å². The van der Waals surface area contributed by atoms with E-state index in [0.717, 1.165) is 6.42 Å². The molecular weight excluding hydrogens is 292 g/mol. The molecule has 1 atom stereocenters. The van der Waals surface area contributed by atoms with Gasteiger partial charge >= 0.3 is 5.97 Å². The monoisotopic (exact) mass is 320 g/mol. The van der Waals surface area contributed by atoms with E-state index >= 15 is 0 Å². The van der Waals surface area contributed by atoms with Crippen molar-refractivity contribution in [2.75, 3.05) is 59.8 Å². The normalized spacial score (nSPS) is 11.9. The minimum Gasteiger partial charge on any atom is -0.465 e. The molecule has 0 saturated carbocycles. The van der Waals surface area contributed by atoms with E-state index in [1.807, 2.05) is 6.92 Å². The molecule has 0 aliphatic carbocycles. The number of carbonyl (C=O) groups is 2. The van der Waals surface area contributed by atoms with Crippen LogP contribution in [0.2, 0.25) is 0 Å². The summed E-state index contributed by atoms with van der Waals surface area (Å²) in [4.78, 5) is 21.8. The third-order valence-corrected chi connectivity index (χ3v) is 2.55. The standard InChI is InChI=1S/C14H28N2O6/c1-3-4-22-14(18)10-15-9-13(16-12-17)11-21-8-7-20-6-5-19-2/h12-13,15H,3-11H2,1-2H3,(H,16,17). The Morgan fingerprint density at radius 3 is 2.55 bits per heavy atom. The fraction of sp³-hybridized carbons (Fsp3) is 0.857. The van der Waals surface area contributed by atoms with Crippen LogP contribution in [0.5, 0.6) is 0 Å². The van der Waals surface area contributed by atoms with Crippen molar-refractivity contribution >= 4 is 12.4 Å². The van der Waals surface area contributed by atoms with Gasteiger partial charge in [0.1, 0.15) is 0 Å². The number of carbonyl (C=O) groups excluding carboxylic acids is 2. The maximum atomic E-state index is 11.3. The molecule has 0 saturated heterocycles. The average Bonchev–Trinajstić information content (AvgIpc) is 2.52. The van der Waals surface area contributed by atoms with Gasteiger partial charge in [-0.15, -0.1) is 0 Å². The zero-order valence-electron chi connectivity index (χ0n) is 13.5. The number of ether oxygens (including phenoxy) is 4. The van der Waals surface area contributed by atoms with Crippen molar-refractivity contribution in [2.24, 2.45) is 0 Å². The van der Waals surface area contributed by atoms with Crippen LogP contribution in [0.15, 0.2) is 0 Å². The molecular formula is C14H28N2O6. The van der Waals surface area contributed by atoms with Crippen LogP contribution in [0, 0.1) is 0 Å². The number of esters is 1. The highest BCUT2D eigenvalue weighted by Gasteiger charge is 2.09. The fourth-order valence-electron chi connectivity index (χ4n) is 1.47. The van der Waals surface area contributed by atoms with Gasteiger partial charge in [0.15, 0.2) is 0 Å². The summed E-state index contributed by atoms with van der Waals surface area (Å²) in [7, 11) is 1.61. The minimum atomic E-state index is -0.306. The highest BCUT2D eigenvalue weighted by Crippen LogP contribution is 1.87. The molecule has 8 heteroatoms. The Hall–Kier alpha value is -1.22. The topological polar surface area (TPSA) is 95.1 Å². The van der Waals surface area contributed by atoms with E-state index in [-0.39, 0.29) is 18.6 Å². The van der Waals surface area contributed by atoms with Crippen LogP contribution < -0.4 is 10.6 Å². The number of hydrogen-bond donors (Lipinski definition) is 2. The SMILES string of the molecule is CCCOC(=O)CNCC(COCCOCCOC)NC=O. The molecule has 22 heavy (non-hydrogen) atoms. The van der Waals surface area contributed by atoms with Crippen LogP contribution in [-0.4, -0.2) is 78.3 Å². The van der Waals surface area contributed by atoms with Crippen LogP contribution in [0.3, 0.4) is 0 Å². The molecule has 0 bridgehead atoms. The van der Waals surface area contributed by atoms with Crippen molar-refractivity contribution in [1.29, 1.82) is 0 Å². The molecule has 2 N–H and O–H groups in total. The lowest BCUT2D eigenvalue weighted by atomic mass is 10.3. The maximum Gasteiger partial charge on any atom is 0.319 e. The smallest absolute Gasteiger partial charge is 0.319 e. The van der Waals surface area contributed by atoms with E-state index in [1.54, 1.807) is 7.11 Å². The van der Waals surface area contributed by atoms with Crippen LogP contribution in [0.1, 0.15) is 13.3 Å². The molecule has 0 aromatic rings. The van der Waals surface area contributed by atoms with Crippen molar-refractivity contribution in [3.8, 4) is 0 Å². The van der Waals surface area contributed by atoms with Gasteiger partial charge < -0.3 is 29.6 Å². The number of methoxy groups -OCH3 is 1. The zero-order chi connectivity index (χ0) is 16.5. The van der Waals surface area contributed by atoms with Crippen LogP contribution >= 0.6 is 0 Å². The molecule has 0 radical (unpaired) electrons. The Balaban J connectivity index is 3.64. The van der Waals surface area contributed by atoms with Crippen LogP contribution in [0.4, 0.5) is 0 Å². The Labute approximate surface area is 131 Å². The third-order valence-electron chi connectivity index (χ3n) is 2.55. The summed E-state index contributed by atoms with van der Waals surface area (Å²) >= 11 is 0. The molecule has 0 fully saturated rings. The summed E-state index contributed by atoms with van der Waals surface area (Å²) in [6.07, 6.45) is 1.40. The number of amides is 1. The van der Waals surface area contributed by atoms with E-state index in [4.69, 9.17) is 18.9 Å². The number of nitrogens with one attached hydrogen (secondary N) is 2. The molecule has 1 unspecified atom stereocenters. The van der Waals surface area contributed by atoms with Gasteiger partial charge in [-0.05, 0) is 6.42 Å². The first kappa shape index (κ1) is 20.8. The first-order chi connectivity index (χ1) is 10.7. The Bertz CT molecular complexity index is 278. The van der Waals surface area contributed by atoms with E-state index in [1.165, 1.54) is 0 Å². The van der Waals surface area contributed by atoms with Crippen molar-refractivity contribution < 1.29 is 28.5 Å². The van der Waals surface area contributed by atoms with E-state index < -0.39 is 0 Å². The summed E-state index contributed by atoms with van der Waals surface area (Å²) < 4.78 is 20.4. The number of hydrogen-bond acceptors (Lipinski definition) is 7. The molecule has 8 nitrogen and oxygen atoms in total. The van der Waals surface area contributed by atoms with Gasteiger partial charge in [0.25, 0.3) is 0 Å². The van der Waals surface area contributed by atoms with Gasteiger partial charge in [-0.1, -0.05) is 6.92 Å². The molecule has 0 spiro atoms. The van der Waals surface area contributed by atoms with E-state index in [9.17, 15) is 9.59 Å². The van der Waals surface area contributed by atoms with Crippen molar-refractivity contribution in [2.45, 2.75) is 19.4 Å². The summed E-state index contributed by atoms with van der Waals surface area (Å²) in [5, 5.41) is 5.55. The highest BCUT2D eigenvalue weighted by atomic mass is 16.5. The van der Waals surface area contributed by atoms with Crippen LogP contribution in [0.25, 0.3) is 0 Å². The van der Waals surface area contributed by atoms with Crippen molar-refractivity contribution in [3.05, 3.63) is 0 Å². The molecule has 1 amide bonds. The zero-order valence-corrected chi connectivity index (χ0v) is 13.5. The summed E-state index contributed by atoms with van der Waals surface area (Å²) in [5.41, 5.74) is 0. The lowest BCUT2D eigenvalue weighted by Crippen LogP contribution is -2.43. The molecule has 0 aliphatic rings. The second-order valence-corrected chi connectivity index (χ2v) is 4.51. The Morgan fingerprint density at radius 1 is 1.14 bits per heavy atom. The largest absolute Gasteiger partial charge is 0.465 e. The van der Waals surface area contributed by atoms with Crippen LogP contribution in [-0.2, 0) is 28.5 Å². The average molecular weight is 320 g/mol. The predicted molar refractivity (Wildman–Crippen MR) is 80.6 cm³/mol. The third kappa shape index (κ3) is 13.7. The number of rotatable bonds is 16. The van der Waals surface area contributed by atoms with Gasteiger partial charge in [-0.3, -0.25) is 9.59 Å². The quantitative estimate of drug-likeness (QED) is 0.221. The van der Waals surface area contributed by atoms with Crippen molar-refractivity contribution in [1.82, 2.24) is 10.6 Å². The van der Waals surface area contributed by atoms with E-state index in [0.29, 0.717) is 52.6 Å². The second kappa shape index (κ2) is 16.2. The summed E-state index contributed by atoms with van der Waals surface area (Å²) in [6.45, 7) is 5.19. The molecule has 0 aromatic heterocycles. The summed E-state index contributed by atoms with van der Waals surface area (Å²) in [5.74, 6) is -0.306. The maximum absolute atomic E-state index is 11.3. The molecule has 0 rings (SSSR count).